The van der Waals surface area contributed by atoms with Gasteiger partial charge < -0.3 is 29.9 Å². The van der Waals surface area contributed by atoms with Crippen molar-refractivity contribution in [1.82, 2.24) is 0 Å². The van der Waals surface area contributed by atoms with Gasteiger partial charge in [0.05, 0.1) is 11.5 Å². The van der Waals surface area contributed by atoms with E-state index in [0.29, 0.717) is 0 Å². The van der Waals surface area contributed by atoms with Crippen molar-refractivity contribution in [1.29, 1.82) is 0 Å². The van der Waals surface area contributed by atoms with E-state index in [-0.39, 0.29) is 11.4 Å². The number of hydrogen-bond acceptors (Lipinski definition) is 8. The summed E-state index contributed by atoms with van der Waals surface area (Å²) in [6, 6.07) is 4.89. The maximum atomic E-state index is 11.7. The third-order valence-electron chi connectivity index (χ3n) is 3.14. The zero-order chi connectivity index (χ0) is 15.6. The first-order valence-corrected chi connectivity index (χ1v) is 6.13. The zero-order valence-electron chi connectivity index (χ0n) is 10.7. The summed E-state index contributed by atoms with van der Waals surface area (Å²) in [5.41, 5.74) is -0.151. The molecule has 5 atom stereocenters. The number of nitro benzene ring substituents is 1. The normalized spacial score (nSPS) is 32.7. The van der Waals surface area contributed by atoms with Crippen molar-refractivity contribution in [2.75, 3.05) is 6.61 Å². The van der Waals surface area contributed by atoms with Crippen molar-refractivity contribution in [2.24, 2.45) is 0 Å². The number of rotatable bonds is 4. The molecule has 1 aromatic carbocycles. The Labute approximate surface area is 119 Å². The van der Waals surface area contributed by atoms with Crippen molar-refractivity contribution in [3.05, 3.63) is 34.4 Å². The molecular weight excluding hydrogens is 286 g/mol. The van der Waals surface area contributed by atoms with Crippen molar-refractivity contribution < 1.29 is 34.8 Å². The maximum absolute atomic E-state index is 11.7. The fraction of sp³-hybridized carbons (Fsp3) is 0.500. The molecule has 0 aromatic heterocycles. The number of aliphatic hydroxyl groups is 3. The van der Waals surface area contributed by atoms with E-state index in [2.05, 4.69) is 0 Å². The highest BCUT2D eigenvalue weighted by Gasteiger charge is 2.41. The van der Waals surface area contributed by atoms with E-state index in [9.17, 15) is 25.4 Å². The molecule has 21 heavy (non-hydrogen) atoms. The largest absolute Gasteiger partial charge is 0.828 e. The third kappa shape index (κ3) is 3.28. The summed E-state index contributed by atoms with van der Waals surface area (Å²) >= 11 is 0. The van der Waals surface area contributed by atoms with Crippen LogP contribution in [-0.4, -0.2) is 57.6 Å². The average molecular weight is 300 g/mol. The van der Waals surface area contributed by atoms with Gasteiger partial charge in [0.2, 0.25) is 0 Å². The number of hydrogen-bond donors (Lipinski definition) is 3. The maximum Gasteiger partial charge on any atom is 0.269 e. The summed E-state index contributed by atoms with van der Waals surface area (Å²) in [4.78, 5) is 9.93. The van der Waals surface area contributed by atoms with Crippen molar-refractivity contribution in [2.45, 2.75) is 30.7 Å². The number of non-ortho nitro benzene ring substituents is 1. The van der Waals surface area contributed by atoms with Crippen LogP contribution in [0.3, 0.4) is 0 Å². The molecular formula is C12H14NO8-. The molecule has 1 aromatic rings. The van der Waals surface area contributed by atoms with Gasteiger partial charge in [-0.2, -0.15) is 0 Å². The van der Waals surface area contributed by atoms with Gasteiger partial charge in [0.1, 0.15) is 30.2 Å². The van der Waals surface area contributed by atoms with Crippen molar-refractivity contribution >= 4 is 5.69 Å². The summed E-state index contributed by atoms with van der Waals surface area (Å²) in [7, 11) is 0. The van der Waals surface area contributed by atoms with Gasteiger partial charge in [-0.25, -0.2) is 0 Å². The van der Waals surface area contributed by atoms with Crippen LogP contribution in [0.25, 0.3) is 0 Å². The average Bonchev–Trinajstić information content (AvgIpc) is 2.47. The molecule has 1 fully saturated rings. The molecule has 9 heteroatoms. The lowest BCUT2D eigenvalue weighted by Gasteiger charge is -2.45. The first-order chi connectivity index (χ1) is 9.93. The van der Waals surface area contributed by atoms with Crippen molar-refractivity contribution in [3.63, 3.8) is 0 Å². The lowest BCUT2D eigenvalue weighted by molar-refractivity contribution is -0.530. The lowest BCUT2D eigenvalue weighted by atomic mass is 9.99. The Morgan fingerprint density at radius 2 is 1.86 bits per heavy atom. The Morgan fingerprint density at radius 1 is 1.24 bits per heavy atom. The Hall–Kier alpha value is -1.78. The fourth-order valence-corrected chi connectivity index (χ4v) is 1.99. The summed E-state index contributed by atoms with van der Waals surface area (Å²) in [5.74, 6) is 0.115. The first kappa shape index (κ1) is 15.6. The molecule has 0 radical (unpaired) electrons. The molecule has 1 aliphatic heterocycles. The summed E-state index contributed by atoms with van der Waals surface area (Å²) < 4.78 is 10.0. The second-order valence-corrected chi connectivity index (χ2v) is 4.54. The minimum absolute atomic E-state index is 0.115. The van der Waals surface area contributed by atoms with E-state index >= 15 is 0 Å². The Kier molecular flexibility index (Phi) is 4.70. The van der Waals surface area contributed by atoms with Gasteiger partial charge in [-0.05, 0) is 12.1 Å². The number of benzene rings is 1. The van der Waals surface area contributed by atoms with Crippen LogP contribution in [-0.2, 0) is 4.74 Å². The number of nitro groups is 1. The molecule has 1 saturated heterocycles. The standard InChI is InChI=1S/C12H14NO8/c14-5-8-9(15)10(16)11(12(17)21-8)20-7-3-1-6(2-4-7)13(18)19/h1-4,8-12,14-16H,5H2/q-1. The Morgan fingerprint density at radius 3 is 2.38 bits per heavy atom. The molecule has 0 saturated carbocycles. The summed E-state index contributed by atoms with van der Waals surface area (Å²) in [6.45, 7) is -0.610. The van der Waals surface area contributed by atoms with Crippen LogP contribution in [0.1, 0.15) is 0 Å². The van der Waals surface area contributed by atoms with E-state index in [1.165, 1.54) is 24.3 Å². The minimum Gasteiger partial charge on any atom is -0.828 e. The second-order valence-electron chi connectivity index (χ2n) is 4.54. The zero-order valence-corrected chi connectivity index (χ0v) is 10.7. The Balaban J connectivity index is 2.09. The quantitative estimate of drug-likeness (QED) is 0.433. The van der Waals surface area contributed by atoms with E-state index in [0.717, 1.165) is 0 Å². The smallest absolute Gasteiger partial charge is 0.269 e. The van der Waals surface area contributed by atoms with Gasteiger partial charge in [0.15, 0.2) is 0 Å². The predicted molar refractivity (Wildman–Crippen MR) is 65.3 cm³/mol. The SMILES string of the molecule is O=[N+]([O-])c1ccc(OC2C([O-])OC(CO)C(O)C2O)cc1. The summed E-state index contributed by atoms with van der Waals surface area (Å²) in [6.07, 6.45) is -7.41. The van der Waals surface area contributed by atoms with Crippen LogP contribution in [0.5, 0.6) is 5.75 Å². The van der Waals surface area contributed by atoms with E-state index < -0.39 is 42.2 Å². The number of aliphatic hydroxyl groups excluding tert-OH is 3. The molecule has 1 aliphatic rings. The third-order valence-corrected chi connectivity index (χ3v) is 3.14. The highest BCUT2D eigenvalue weighted by molar-refractivity contribution is 5.36. The van der Waals surface area contributed by atoms with Crippen LogP contribution in [0, 0.1) is 10.1 Å². The molecule has 0 amide bonds. The van der Waals surface area contributed by atoms with Crippen LogP contribution >= 0.6 is 0 Å². The topological polar surface area (TPSA) is 145 Å². The van der Waals surface area contributed by atoms with E-state index in [4.69, 9.17) is 14.6 Å². The van der Waals surface area contributed by atoms with Gasteiger partial charge in [0, 0.05) is 18.4 Å². The van der Waals surface area contributed by atoms with Crippen LogP contribution in [0.4, 0.5) is 5.69 Å². The van der Waals surface area contributed by atoms with Gasteiger partial charge >= 0.3 is 0 Å². The van der Waals surface area contributed by atoms with Gasteiger partial charge in [-0.3, -0.25) is 10.1 Å². The molecule has 5 unspecified atom stereocenters. The van der Waals surface area contributed by atoms with Gasteiger partial charge in [-0.15, -0.1) is 0 Å². The Bertz CT molecular complexity index is 493. The van der Waals surface area contributed by atoms with Gasteiger partial charge in [-0.1, -0.05) is 0 Å². The molecule has 0 aliphatic carbocycles. The van der Waals surface area contributed by atoms with Crippen molar-refractivity contribution in [3.8, 4) is 5.75 Å². The predicted octanol–water partition coefficient (Wildman–Crippen LogP) is -1.86. The fourth-order valence-electron chi connectivity index (χ4n) is 1.99. The van der Waals surface area contributed by atoms with Crippen LogP contribution < -0.4 is 9.84 Å². The first-order valence-electron chi connectivity index (χ1n) is 6.13. The molecule has 1 heterocycles. The molecule has 2 rings (SSSR count). The van der Waals surface area contributed by atoms with E-state index in [1.54, 1.807) is 0 Å². The van der Waals surface area contributed by atoms with E-state index in [1.807, 2.05) is 0 Å². The molecule has 0 bridgehead atoms. The van der Waals surface area contributed by atoms with Gasteiger partial charge in [0.25, 0.3) is 5.69 Å². The molecule has 9 nitrogen and oxygen atoms in total. The van der Waals surface area contributed by atoms with Crippen LogP contribution in [0.15, 0.2) is 24.3 Å². The summed E-state index contributed by atoms with van der Waals surface area (Å²) in [5, 5.41) is 50.7. The van der Waals surface area contributed by atoms with Crippen LogP contribution in [0.2, 0.25) is 0 Å². The highest BCUT2D eigenvalue weighted by atomic mass is 16.7. The molecule has 116 valence electrons. The highest BCUT2D eigenvalue weighted by Crippen LogP contribution is 2.24. The second kappa shape index (κ2) is 6.33. The lowest BCUT2D eigenvalue weighted by Crippen LogP contribution is -2.64. The number of nitrogens with zero attached hydrogens (tertiary/aromatic N) is 1. The minimum atomic E-state index is -1.81. The monoisotopic (exact) mass is 300 g/mol. The molecule has 0 spiro atoms. The number of ether oxygens (including phenoxy) is 2. The molecule has 3 N–H and O–H groups in total.